The zero-order valence-corrected chi connectivity index (χ0v) is 42.9. The molecular formula is C58H70Br2S2. The van der Waals surface area contributed by atoms with Gasteiger partial charge in [0.15, 0.2) is 0 Å². The van der Waals surface area contributed by atoms with Crippen LogP contribution in [0.2, 0.25) is 0 Å². The van der Waals surface area contributed by atoms with Gasteiger partial charge in [0.1, 0.15) is 0 Å². The van der Waals surface area contributed by atoms with Gasteiger partial charge < -0.3 is 0 Å². The monoisotopic (exact) mass is 988 g/mol. The maximum Gasteiger partial charge on any atom is 0.0208 e. The summed E-state index contributed by atoms with van der Waals surface area (Å²) < 4.78 is 2.26. The lowest BCUT2D eigenvalue weighted by Gasteiger charge is -2.25. The molecule has 0 nitrogen and oxygen atoms in total. The Morgan fingerprint density at radius 2 is 0.710 bits per heavy atom. The van der Waals surface area contributed by atoms with Crippen molar-refractivity contribution in [1.29, 1.82) is 0 Å². The van der Waals surface area contributed by atoms with Crippen LogP contribution in [0.3, 0.4) is 0 Å². The van der Waals surface area contributed by atoms with Crippen LogP contribution < -0.4 is 10.4 Å². The maximum atomic E-state index is 3.87. The lowest BCUT2D eigenvalue weighted by molar-refractivity contribution is 0.496. The molecule has 0 spiro atoms. The largest absolute Gasteiger partial charge is 0.0888 e. The molecule has 5 aromatic rings. The minimum Gasteiger partial charge on any atom is -0.0888 e. The molecule has 2 aliphatic heterocycles. The molecule has 4 heteroatoms. The quantitative estimate of drug-likeness (QED) is 0.0554. The second-order valence-corrected chi connectivity index (χ2v) is 22.1. The third-order valence-electron chi connectivity index (χ3n) is 13.4. The average molecular weight is 991 g/mol. The third-order valence-corrected chi connectivity index (χ3v) is 16.7. The first kappa shape index (κ1) is 47.5. The van der Waals surface area contributed by atoms with Gasteiger partial charge in [-0.25, -0.2) is 0 Å². The summed E-state index contributed by atoms with van der Waals surface area (Å²) in [5.41, 5.74) is 11.0. The standard InChI is InChI=1S/C58H70Br2S2/c1-5-9-13-17-21-41(22-18-14-10-6-2)43-25-29-45(30-26-43)57-49-37-47(59)33-35-53(49)61-55-40-52-56(39-51(55)57)62-54-36-34-48(60)38-50(54)58(52)46-31-27-44(28-32-46)42(23-19-15-11-7-3)24-20-16-12-8-4/h25-42H,5-24H2,1-4H3. The highest BCUT2D eigenvalue weighted by atomic mass is 79.9. The topological polar surface area (TPSA) is 0 Å². The van der Waals surface area contributed by atoms with Crippen molar-refractivity contribution in [2.45, 2.75) is 188 Å². The van der Waals surface area contributed by atoms with Gasteiger partial charge in [-0.3, -0.25) is 0 Å². The molecule has 0 aromatic heterocycles. The first-order chi connectivity index (χ1) is 30.4. The molecule has 0 amide bonds. The fourth-order valence-electron chi connectivity index (χ4n) is 9.91. The number of halogens is 2. The Balaban J connectivity index is 1.31. The SMILES string of the molecule is CCCCCCC(CCCCCC)c1ccc(C2=c3cc4c(cc3Sc3ccc(Br)cc32)=C(c2ccc(C(CCCCCC)CCCCCC)cc2)c2cc(Br)ccc2S4)cc1. The molecular weight excluding hydrogens is 921 g/mol. The zero-order chi connectivity index (χ0) is 43.3. The molecule has 0 fully saturated rings. The van der Waals surface area contributed by atoms with Crippen molar-refractivity contribution in [3.8, 4) is 0 Å². The van der Waals surface area contributed by atoms with Gasteiger partial charge in [-0.1, -0.05) is 234 Å². The van der Waals surface area contributed by atoms with Gasteiger partial charge in [0, 0.05) is 28.5 Å². The Morgan fingerprint density at radius 1 is 0.371 bits per heavy atom. The van der Waals surface area contributed by atoms with E-state index >= 15 is 0 Å². The van der Waals surface area contributed by atoms with Crippen molar-refractivity contribution in [2.24, 2.45) is 0 Å². The number of hydrogen-bond donors (Lipinski definition) is 0. The second kappa shape index (κ2) is 24.1. The number of unbranched alkanes of at least 4 members (excludes halogenated alkanes) is 12. The average Bonchev–Trinajstić information content (AvgIpc) is 3.29. The van der Waals surface area contributed by atoms with Gasteiger partial charge in [-0.2, -0.15) is 0 Å². The molecule has 0 bridgehead atoms. The summed E-state index contributed by atoms with van der Waals surface area (Å²) in [6, 6.07) is 38.5. The molecule has 0 saturated heterocycles. The molecule has 328 valence electrons. The van der Waals surface area contributed by atoms with E-state index in [2.05, 4.69) is 157 Å². The van der Waals surface area contributed by atoms with Crippen LogP contribution in [0.4, 0.5) is 0 Å². The first-order valence-electron chi connectivity index (χ1n) is 24.5. The Labute approximate surface area is 400 Å². The number of rotatable bonds is 24. The second-order valence-electron chi connectivity index (χ2n) is 18.1. The lowest BCUT2D eigenvalue weighted by Crippen LogP contribution is -2.24. The smallest absolute Gasteiger partial charge is 0.0208 e. The van der Waals surface area contributed by atoms with E-state index in [9.17, 15) is 0 Å². The van der Waals surface area contributed by atoms with E-state index < -0.39 is 0 Å². The molecule has 0 aliphatic carbocycles. The minimum atomic E-state index is 0.646. The Bertz CT molecular complexity index is 2150. The minimum absolute atomic E-state index is 0.646. The van der Waals surface area contributed by atoms with Crippen molar-refractivity contribution in [1.82, 2.24) is 0 Å². The number of fused-ring (bicyclic) bond motifs is 4. The van der Waals surface area contributed by atoms with E-state index in [0.717, 1.165) is 8.95 Å². The molecule has 0 unspecified atom stereocenters. The highest BCUT2D eigenvalue weighted by Crippen LogP contribution is 2.44. The van der Waals surface area contributed by atoms with Crippen molar-refractivity contribution in [2.75, 3.05) is 0 Å². The molecule has 0 radical (unpaired) electrons. The van der Waals surface area contributed by atoms with Crippen LogP contribution in [0.5, 0.6) is 0 Å². The Morgan fingerprint density at radius 3 is 1.03 bits per heavy atom. The molecule has 5 aromatic carbocycles. The molecule has 0 N–H and O–H groups in total. The van der Waals surface area contributed by atoms with Gasteiger partial charge in [0.05, 0.1) is 0 Å². The molecule has 7 rings (SSSR count). The van der Waals surface area contributed by atoms with Crippen LogP contribution in [0.15, 0.2) is 126 Å². The van der Waals surface area contributed by atoms with Crippen LogP contribution in [0.1, 0.15) is 201 Å². The van der Waals surface area contributed by atoms with Crippen LogP contribution in [-0.2, 0) is 0 Å². The van der Waals surface area contributed by atoms with Gasteiger partial charge in [0.2, 0.25) is 0 Å². The number of benzene rings is 5. The van der Waals surface area contributed by atoms with E-state index in [0.29, 0.717) is 11.8 Å². The van der Waals surface area contributed by atoms with Crippen molar-refractivity contribution in [3.05, 3.63) is 150 Å². The fraction of sp³-hybridized carbons (Fsp3) is 0.448. The van der Waals surface area contributed by atoms with Crippen molar-refractivity contribution < 1.29 is 0 Å². The third kappa shape index (κ3) is 12.0. The van der Waals surface area contributed by atoms with Gasteiger partial charge in [0.25, 0.3) is 0 Å². The van der Waals surface area contributed by atoms with Gasteiger partial charge in [-0.05, 0) is 141 Å². The maximum absolute atomic E-state index is 3.87. The Hall–Kier alpha value is -2.50. The molecule has 62 heavy (non-hydrogen) atoms. The zero-order valence-electron chi connectivity index (χ0n) is 38.1. The van der Waals surface area contributed by atoms with E-state index in [-0.39, 0.29) is 0 Å². The summed E-state index contributed by atoms with van der Waals surface area (Å²) in [5, 5.41) is 2.69. The highest BCUT2D eigenvalue weighted by molar-refractivity contribution is 9.10. The Kier molecular flexibility index (Phi) is 18.5. The first-order valence-corrected chi connectivity index (χ1v) is 27.7. The van der Waals surface area contributed by atoms with E-state index in [1.54, 1.807) is 0 Å². The van der Waals surface area contributed by atoms with Crippen molar-refractivity contribution in [3.63, 3.8) is 0 Å². The van der Waals surface area contributed by atoms with Crippen LogP contribution in [0.25, 0.3) is 11.1 Å². The fourth-order valence-corrected chi connectivity index (χ4v) is 12.8. The lowest BCUT2D eigenvalue weighted by atomic mass is 9.86. The molecule has 2 heterocycles. The highest BCUT2D eigenvalue weighted by Gasteiger charge is 2.26. The van der Waals surface area contributed by atoms with E-state index in [1.165, 1.54) is 203 Å². The van der Waals surface area contributed by atoms with Crippen LogP contribution in [-0.4, -0.2) is 0 Å². The molecule has 0 saturated carbocycles. The summed E-state index contributed by atoms with van der Waals surface area (Å²) in [6.07, 6.45) is 26.5. The van der Waals surface area contributed by atoms with Crippen molar-refractivity contribution >= 4 is 66.5 Å². The summed E-state index contributed by atoms with van der Waals surface area (Å²) in [6.45, 7) is 9.28. The summed E-state index contributed by atoms with van der Waals surface area (Å²) in [4.78, 5) is 5.33. The van der Waals surface area contributed by atoms with E-state index in [1.807, 2.05) is 23.5 Å². The predicted molar refractivity (Wildman–Crippen MR) is 279 cm³/mol. The predicted octanol–water partition coefficient (Wildman–Crippen LogP) is 18.7. The molecule has 2 aliphatic rings. The van der Waals surface area contributed by atoms with Crippen LogP contribution >= 0.6 is 55.4 Å². The van der Waals surface area contributed by atoms with E-state index in [4.69, 9.17) is 0 Å². The molecule has 0 atom stereocenters. The summed E-state index contributed by atoms with van der Waals surface area (Å²) in [5.74, 6) is 1.29. The normalized spacial score (nSPS) is 13.1. The van der Waals surface area contributed by atoms with Gasteiger partial charge in [-0.15, -0.1) is 0 Å². The van der Waals surface area contributed by atoms with Gasteiger partial charge >= 0.3 is 0 Å². The summed E-state index contributed by atoms with van der Waals surface area (Å²) in [7, 11) is 0. The summed E-state index contributed by atoms with van der Waals surface area (Å²) >= 11 is 11.6. The van der Waals surface area contributed by atoms with Crippen LogP contribution in [0, 0.1) is 0 Å². The number of hydrogen-bond acceptors (Lipinski definition) is 2.